The van der Waals surface area contributed by atoms with Gasteiger partial charge < -0.3 is 15.7 Å². The van der Waals surface area contributed by atoms with Crippen molar-refractivity contribution in [2.24, 2.45) is 0 Å². The van der Waals surface area contributed by atoms with Crippen LogP contribution in [0.25, 0.3) is 0 Å². The molecule has 4 nitrogen and oxygen atoms in total. The quantitative estimate of drug-likeness (QED) is 0.713. The number of aliphatic hydroxyl groups excluding tert-OH is 1. The Bertz CT molecular complexity index is 387. The van der Waals surface area contributed by atoms with Crippen LogP contribution in [0.1, 0.15) is 24.0 Å². The van der Waals surface area contributed by atoms with Crippen LogP contribution in [0.3, 0.4) is 0 Å². The van der Waals surface area contributed by atoms with Gasteiger partial charge in [0.1, 0.15) is 0 Å². The van der Waals surface area contributed by atoms with Crippen LogP contribution in [0.5, 0.6) is 0 Å². The Balaban J connectivity index is 1.90. The van der Waals surface area contributed by atoms with E-state index in [1.165, 1.54) is 0 Å². The van der Waals surface area contributed by atoms with Crippen LogP contribution >= 0.6 is 0 Å². The Kier molecular flexibility index (Phi) is 4.12. The van der Waals surface area contributed by atoms with Crippen LogP contribution < -0.4 is 10.6 Å². The van der Waals surface area contributed by atoms with Gasteiger partial charge in [-0.25, -0.2) is 0 Å². The van der Waals surface area contributed by atoms with E-state index in [0.29, 0.717) is 6.54 Å². The van der Waals surface area contributed by atoms with Gasteiger partial charge in [-0.1, -0.05) is 24.3 Å². The van der Waals surface area contributed by atoms with Gasteiger partial charge in [-0.3, -0.25) is 4.79 Å². The second kappa shape index (κ2) is 5.80. The number of hydrogen-bond acceptors (Lipinski definition) is 3. The van der Waals surface area contributed by atoms with Crippen molar-refractivity contribution in [2.45, 2.75) is 32.0 Å². The predicted octanol–water partition coefficient (Wildman–Crippen LogP) is 0.547. The standard InChI is InChI=1S/C13H18N2O2/c16-9-11-5-2-1-4-10(11)8-15-13(17)12-6-3-7-14-12/h1-2,4-5,12,14,16H,3,6-9H2,(H,15,17). The second-order valence-electron chi connectivity index (χ2n) is 4.29. The molecule has 1 aromatic carbocycles. The van der Waals surface area contributed by atoms with Crippen molar-refractivity contribution >= 4 is 5.91 Å². The summed E-state index contributed by atoms with van der Waals surface area (Å²) < 4.78 is 0. The summed E-state index contributed by atoms with van der Waals surface area (Å²) in [5, 5.41) is 15.2. The highest BCUT2D eigenvalue weighted by Gasteiger charge is 2.21. The van der Waals surface area contributed by atoms with Crippen LogP contribution in [0.2, 0.25) is 0 Å². The Morgan fingerprint density at radius 1 is 1.41 bits per heavy atom. The molecule has 1 aliphatic rings. The van der Waals surface area contributed by atoms with Crippen molar-refractivity contribution in [1.82, 2.24) is 10.6 Å². The van der Waals surface area contributed by atoms with Crippen molar-refractivity contribution < 1.29 is 9.90 Å². The van der Waals surface area contributed by atoms with E-state index in [1.54, 1.807) is 0 Å². The summed E-state index contributed by atoms with van der Waals surface area (Å²) in [6.45, 7) is 1.41. The summed E-state index contributed by atoms with van der Waals surface area (Å²) in [5.74, 6) is 0.0512. The first-order valence-electron chi connectivity index (χ1n) is 6.00. The van der Waals surface area contributed by atoms with Gasteiger partial charge >= 0.3 is 0 Å². The fraction of sp³-hybridized carbons (Fsp3) is 0.462. The number of nitrogens with one attached hydrogen (secondary N) is 2. The number of hydrogen-bond donors (Lipinski definition) is 3. The third-order valence-corrected chi connectivity index (χ3v) is 3.12. The fourth-order valence-corrected chi connectivity index (χ4v) is 2.10. The molecule has 0 radical (unpaired) electrons. The van der Waals surface area contributed by atoms with E-state index in [0.717, 1.165) is 30.5 Å². The number of carbonyl (C=O) groups is 1. The summed E-state index contributed by atoms with van der Waals surface area (Å²) >= 11 is 0. The van der Waals surface area contributed by atoms with Crippen molar-refractivity contribution in [3.05, 3.63) is 35.4 Å². The van der Waals surface area contributed by atoms with Gasteiger partial charge in [-0.2, -0.15) is 0 Å². The van der Waals surface area contributed by atoms with E-state index in [1.807, 2.05) is 24.3 Å². The number of rotatable bonds is 4. The molecule has 0 bridgehead atoms. The summed E-state index contributed by atoms with van der Waals surface area (Å²) in [5.41, 5.74) is 1.84. The molecule has 1 aliphatic heterocycles. The molecule has 1 atom stereocenters. The Labute approximate surface area is 101 Å². The maximum Gasteiger partial charge on any atom is 0.237 e. The van der Waals surface area contributed by atoms with E-state index in [2.05, 4.69) is 10.6 Å². The predicted molar refractivity (Wildman–Crippen MR) is 65.2 cm³/mol. The van der Waals surface area contributed by atoms with Gasteiger partial charge in [0, 0.05) is 6.54 Å². The molecule has 1 saturated heterocycles. The smallest absolute Gasteiger partial charge is 0.237 e. The number of amides is 1. The normalized spacial score (nSPS) is 19.2. The average Bonchev–Trinajstić information content (AvgIpc) is 2.90. The zero-order valence-electron chi connectivity index (χ0n) is 9.78. The minimum absolute atomic E-state index is 0.00766. The van der Waals surface area contributed by atoms with E-state index >= 15 is 0 Å². The minimum Gasteiger partial charge on any atom is -0.392 e. The Morgan fingerprint density at radius 2 is 2.18 bits per heavy atom. The molecule has 1 aromatic rings. The van der Waals surface area contributed by atoms with Crippen LogP contribution in [0.15, 0.2) is 24.3 Å². The van der Waals surface area contributed by atoms with Crippen LogP contribution in [0, 0.1) is 0 Å². The molecule has 1 fully saturated rings. The maximum atomic E-state index is 11.8. The van der Waals surface area contributed by atoms with Gasteiger partial charge in [-0.15, -0.1) is 0 Å². The van der Waals surface area contributed by atoms with Crippen molar-refractivity contribution in [2.75, 3.05) is 6.54 Å². The largest absolute Gasteiger partial charge is 0.392 e. The summed E-state index contributed by atoms with van der Waals surface area (Å²) in [6.07, 6.45) is 1.97. The maximum absolute atomic E-state index is 11.8. The third kappa shape index (κ3) is 3.05. The van der Waals surface area contributed by atoms with E-state index in [4.69, 9.17) is 0 Å². The molecule has 1 amide bonds. The summed E-state index contributed by atoms with van der Waals surface area (Å²) in [6, 6.07) is 7.55. The molecule has 92 valence electrons. The summed E-state index contributed by atoms with van der Waals surface area (Å²) in [7, 11) is 0. The van der Waals surface area contributed by atoms with Crippen LogP contribution in [-0.2, 0) is 17.9 Å². The SMILES string of the molecule is O=C(NCc1ccccc1CO)C1CCCN1. The van der Waals surface area contributed by atoms with E-state index in [-0.39, 0.29) is 18.6 Å². The molecule has 1 heterocycles. The Morgan fingerprint density at radius 3 is 2.82 bits per heavy atom. The molecule has 4 heteroatoms. The van der Waals surface area contributed by atoms with Crippen LogP contribution in [0.4, 0.5) is 0 Å². The number of carbonyl (C=O) groups excluding carboxylic acids is 1. The molecular weight excluding hydrogens is 216 g/mol. The Hall–Kier alpha value is -1.39. The lowest BCUT2D eigenvalue weighted by Gasteiger charge is -2.12. The lowest BCUT2D eigenvalue weighted by atomic mass is 10.1. The highest BCUT2D eigenvalue weighted by atomic mass is 16.3. The molecule has 0 saturated carbocycles. The zero-order chi connectivity index (χ0) is 12.1. The first kappa shape index (κ1) is 12.1. The van der Waals surface area contributed by atoms with E-state index < -0.39 is 0 Å². The minimum atomic E-state index is -0.0451. The highest BCUT2D eigenvalue weighted by molar-refractivity contribution is 5.82. The molecule has 0 spiro atoms. The molecule has 1 unspecified atom stereocenters. The van der Waals surface area contributed by atoms with Gasteiger partial charge in [-0.05, 0) is 30.5 Å². The lowest BCUT2D eigenvalue weighted by Crippen LogP contribution is -2.40. The first-order chi connectivity index (χ1) is 8.31. The van der Waals surface area contributed by atoms with Gasteiger partial charge in [0.2, 0.25) is 5.91 Å². The monoisotopic (exact) mass is 234 g/mol. The van der Waals surface area contributed by atoms with Gasteiger partial charge in [0.05, 0.1) is 12.6 Å². The van der Waals surface area contributed by atoms with Crippen molar-refractivity contribution in [3.63, 3.8) is 0 Å². The second-order valence-corrected chi connectivity index (χ2v) is 4.29. The average molecular weight is 234 g/mol. The molecule has 2 rings (SSSR count). The molecule has 17 heavy (non-hydrogen) atoms. The van der Waals surface area contributed by atoms with Gasteiger partial charge in [0.15, 0.2) is 0 Å². The third-order valence-electron chi connectivity index (χ3n) is 3.12. The topological polar surface area (TPSA) is 61.4 Å². The highest BCUT2D eigenvalue weighted by Crippen LogP contribution is 2.09. The number of aliphatic hydroxyl groups is 1. The first-order valence-corrected chi connectivity index (χ1v) is 6.00. The molecule has 0 aliphatic carbocycles. The summed E-state index contributed by atoms with van der Waals surface area (Å²) in [4.78, 5) is 11.8. The van der Waals surface area contributed by atoms with Crippen LogP contribution in [-0.4, -0.2) is 23.6 Å². The molecular formula is C13H18N2O2. The zero-order valence-corrected chi connectivity index (χ0v) is 9.78. The van der Waals surface area contributed by atoms with Crippen molar-refractivity contribution in [3.8, 4) is 0 Å². The molecule has 0 aromatic heterocycles. The molecule has 3 N–H and O–H groups in total. The van der Waals surface area contributed by atoms with E-state index in [9.17, 15) is 9.90 Å². The number of benzene rings is 1. The fourth-order valence-electron chi connectivity index (χ4n) is 2.10. The van der Waals surface area contributed by atoms with Crippen molar-refractivity contribution in [1.29, 1.82) is 0 Å². The van der Waals surface area contributed by atoms with Gasteiger partial charge in [0.25, 0.3) is 0 Å². The lowest BCUT2D eigenvalue weighted by molar-refractivity contribution is -0.122.